The van der Waals surface area contributed by atoms with Crippen molar-refractivity contribution in [2.45, 2.75) is 20.4 Å². The van der Waals surface area contributed by atoms with Crippen LogP contribution < -0.4 is 11.1 Å². The standard InChI is InChI=1S/C27H27FN4O2/c1-27(2,17-30)18-32(26(34)21-10-6-19(15-29)7-11-21)16-20-8-12-24(13-9-20)31-25(33)22-4-3-5-23(28)14-22/h3-14H,16-18,30H2,1-2H3,(H,31,33). The topological polar surface area (TPSA) is 99.2 Å². The van der Waals surface area contributed by atoms with E-state index in [0.29, 0.717) is 36.4 Å². The summed E-state index contributed by atoms with van der Waals surface area (Å²) in [6, 6.07) is 21.2. The van der Waals surface area contributed by atoms with E-state index in [1.807, 2.05) is 26.0 Å². The lowest BCUT2D eigenvalue weighted by Gasteiger charge is -2.32. The van der Waals surface area contributed by atoms with Crippen LogP contribution in [0, 0.1) is 22.6 Å². The van der Waals surface area contributed by atoms with E-state index in [1.54, 1.807) is 47.4 Å². The Balaban J connectivity index is 1.75. The number of carbonyl (C=O) groups excluding carboxylic acids is 2. The number of anilines is 1. The van der Waals surface area contributed by atoms with Crippen LogP contribution >= 0.6 is 0 Å². The van der Waals surface area contributed by atoms with Crippen molar-refractivity contribution in [2.75, 3.05) is 18.4 Å². The lowest BCUT2D eigenvalue weighted by Crippen LogP contribution is -2.41. The van der Waals surface area contributed by atoms with Crippen LogP contribution in [0.5, 0.6) is 0 Å². The zero-order valence-corrected chi connectivity index (χ0v) is 19.2. The molecule has 0 aliphatic heterocycles. The number of nitriles is 1. The van der Waals surface area contributed by atoms with Gasteiger partial charge in [0.1, 0.15) is 5.82 Å². The predicted molar refractivity (Wildman–Crippen MR) is 130 cm³/mol. The maximum atomic E-state index is 13.4. The molecule has 0 aliphatic carbocycles. The molecule has 0 spiro atoms. The van der Waals surface area contributed by atoms with Crippen molar-refractivity contribution in [2.24, 2.45) is 11.1 Å². The average molecular weight is 459 g/mol. The summed E-state index contributed by atoms with van der Waals surface area (Å²) >= 11 is 0. The summed E-state index contributed by atoms with van der Waals surface area (Å²) in [7, 11) is 0. The summed E-state index contributed by atoms with van der Waals surface area (Å²) in [6.45, 7) is 5.20. The number of nitrogens with two attached hydrogens (primary N) is 1. The van der Waals surface area contributed by atoms with Gasteiger partial charge < -0.3 is 16.0 Å². The van der Waals surface area contributed by atoms with Crippen molar-refractivity contribution in [1.29, 1.82) is 5.26 Å². The third-order valence-electron chi connectivity index (χ3n) is 5.39. The van der Waals surface area contributed by atoms with E-state index in [2.05, 4.69) is 11.4 Å². The number of rotatable bonds is 8. The lowest BCUT2D eigenvalue weighted by molar-refractivity contribution is 0.0673. The van der Waals surface area contributed by atoms with Crippen molar-refractivity contribution in [3.63, 3.8) is 0 Å². The Morgan fingerprint density at radius 2 is 1.71 bits per heavy atom. The van der Waals surface area contributed by atoms with E-state index in [-0.39, 0.29) is 16.9 Å². The van der Waals surface area contributed by atoms with Gasteiger partial charge >= 0.3 is 0 Å². The first-order valence-electron chi connectivity index (χ1n) is 10.9. The molecule has 0 bridgehead atoms. The first-order valence-corrected chi connectivity index (χ1v) is 10.9. The van der Waals surface area contributed by atoms with Gasteiger partial charge in [0.05, 0.1) is 11.6 Å². The molecule has 0 heterocycles. The number of nitrogens with zero attached hydrogens (tertiary/aromatic N) is 2. The van der Waals surface area contributed by atoms with E-state index >= 15 is 0 Å². The van der Waals surface area contributed by atoms with Crippen LogP contribution in [0.25, 0.3) is 0 Å². The number of halogens is 1. The zero-order chi connectivity index (χ0) is 24.7. The molecule has 2 amide bonds. The minimum absolute atomic E-state index is 0.158. The van der Waals surface area contributed by atoms with Crippen molar-refractivity contribution in [1.82, 2.24) is 4.90 Å². The highest BCUT2D eigenvalue weighted by molar-refractivity contribution is 6.04. The van der Waals surface area contributed by atoms with Crippen LogP contribution in [0.3, 0.4) is 0 Å². The van der Waals surface area contributed by atoms with E-state index in [1.165, 1.54) is 18.2 Å². The van der Waals surface area contributed by atoms with E-state index in [9.17, 15) is 14.0 Å². The molecule has 0 unspecified atom stereocenters. The highest BCUT2D eigenvalue weighted by Gasteiger charge is 2.25. The highest BCUT2D eigenvalue weighted by Crippen LogP contribution is 2.21. The molecule has 6 nitrogen and oxygen atoms in total. The van der Waals surface area contributed by atoms with E-state index in [0.717, 1.165) is 5.56 Å². The Labute approximate surface area is 198 Å². The number of hydrogen-bond donors (Lipinski definition) is 2. The Kier molecular flexibility index (Phi) is 7.77. The third-order valence-corrected chi connectivity index (χ3v) is 5.39. The van der Waals surface area contributed by atoms with Gasteiger partial charge in [-0.15, -0.1) is 0 Å². The summed E-state index contributed by atoms with van der Waals surface area (Å²) < 4.78 is 13.4. The van der Waals surface area contributed by atoms with Crippen molar-refractivity contribution in [3.8, 4) is 6.07 Å². The van der Waals surface area contributed by atoms with Crippen LogP contribution in [0.4, 0.5) is 10.1 Å². The molecular formula is C27H27FN4O2. The first kappa shape index (κ1) is 24.6. The Bertz CT molecular complexity index is 1200. The molecule has 0 atom stereocenters. The molecule has 3 aromatic carbocycles. The molecular weight excluding hydrogens is 431 g/mol. The summed E-state index contributed by atoms with van der Waals surface area (Å²) in [4.78, 5) is 27.3. The quantitative estimate of drug-likeness (QED) is 0.516. The average Bonchev–Trinajstić information content (AvgIpc) is 2.84. The van der Waals surface area contributed by atoms with Crippen molar-refractivity contribution < 1.29 is 14.0 Å². The van der Waals surface area contributed by atoms with E-state index < -0.39 is 11.7 Å². The normalized spacial score (nSPS) is 10.9. The number of carbonyl (C=O) groups is 2. The Hall–Kier alpha value is -4.02. The fourth-order valence-corrected chi connectivity index (χ4v) is 3.40. The van der Waals surface area contributed by atoms with Crippen molar-refractivity contribution >= 4 is 17.5 Å². The predicted octanol–water partition coefficient (Wildman–Crippen LogP) is 4.58. The molecule has 174 valence electrons. The maximum absolute atomic E-state index is 13.4. The summed E-state index contributed by atoms with van der Waals surface area (Å²) in [5, 5.41) is 11.8. The fraction of sp³-hybridized carbons (Fsp3) is 0.222. The van der Waals surface area contributed by atoms with Crippen LogP contribution in [-0.4, -0.2) is 29.8 Å². The van der Waals surface area contributed by atoms with Gasteiger partial charge in [-0.1, -0.05) is 32.0 Å². The molecule has 0 aromatic heterocycles. The van der Waals surface area contributed by atoms with Crippen LogP contribution in [0.15, 0.2) is 72.8 Å². The van der Waals surface area contributed by atoms with Crippen LogP contribution in [0.2, 0.25) is 0 Å². The second kappa shape index (κ2) is 10.7. The lowest BCUT2D eigenvalue weighted by atomic mass is 9.92. The van der Waals surface area contributed by atoms with E-state index in [4.69, 9.17) is 11.0 Å². The maximum Gasteiger partial charge on any atom is 0.255 e. The SMILES string of the molecule is CC(C)(CN)CN(Cc1ccc(NC(=O)c2cccc(F)c2)cc1)C(=O)c1ccc(C#N)cc1. The monoisotopic (exact) mass is 458 g/mol. The van der Waals surface area contributed by atoms with Gasteiger partial charge in [-0.3, -0.25) is 9.59 Å². The molecule has 3 rings (SSSR count). The van der Waals surface area contributed by atoms with Crippen molar-refractivity contribution in [3.05, 3.63) is 101 Å². The molecule has 3 aromatic rings. The molecule has 0 saturated heterocycles. The van der Waals surface area contributed by atoms with Gasteiger partial charge in [0, 0.05) is 29.9 Å². The molecule has 0 fully saturated rings. The van der Waals surface area contributed by atoms with Crippen LogP contribution in [-0.2, 0) is 6.54 Å². The summed E-state index contributed by atoms with van der Waals surface area (Å²) in [5.41, 5.74) is 8.26. The van der Waals surface area contributed by atoms with Crippen LogP contribution in [0.1, 0.15) is 45.7 Å². The Morgan fingerprint density at radius 1 is 1.03 bits per heavy atom. The molecule has 34 heavy (non-hydrogen) atoms. The molecule has 0 saturated carbocycles. The minimum Gasteiger partial charge on any atom is -0.334 e. The highest BCUT2D eigenvalue weighted by atomic mass is 19.1. The van der Waals surface area contributed by atoms with Gasteiger partial charge in [0.2, 0.25) is 0 Å². The smallest absolute Gasteiger partial charge is 0.255 e. The third kappa shape index (κ3) is 6.50. The van der Waals surface area contributed by atoms with Gasteiger partial charge in [0.15, 0.2) is 0 Å². The fourth-order valence-electron chi connectivity index (χ4n) is 3.40. The summed E-state index contributed by atoms with van der Waals surface area (Å²) in [5.74, 6) is -1.04. The number of hydrogen-bond acceptors (Lipinski definition) is 4. The number of amides is 2. The first-order chi connectivity index (χ1) is 16.2. The second-order valence-electron chi connectivity index (χ2n) is 8.88. The molecule has 0 radical (unpaired) electrons. The van der Waals surface area contributed by atoms with Gasteiger partial charge in [-0.25, -0.2) is 4.39 Å². The molecule has 0 aliphatic rings. The molecule has 7 heteroatoms. The Morgan fingerprint density at radius 3 is 2.29 bits per heavy atom. The number of nitrogens with one attached hydrogen (secondary N) is 1. The van der Waals surface area contributed by atoms with Gasteiger partial charge in [-0.05, 0) is 72.1 Å². The second-order valence-corrected chi connectivity index (χ2v) is 8.88. The van der Waals surface area contributed by atoms with Gasteiger partial charge in [-0.2, -0.15) is 5.26 Å². The summed E-state index contributed by atoms with van der Waals surface area (Å²) in [6.07, 6.45) is 0. The number of benzene rings is 3. The molecule has 3 N–H and O–H groups in total. The minimum atomic E-state index is -0.476. The largest absolute Gasteiger partial charge is 0.334 e. The zero-order valence-electron chi connectivity index (χ0n) is 19.2. The van der Waals surface area contributed by atoms with Gasteiger partial charge in [0.25, 0.3) is 11.8 Å².